The van der Waals surface area contributed by atoms with E-state index in [1.807, 2.05) is 0 Å². The first-order valence-corrected chi connectivity index (χ1v) is 12.0. The number of benzene rings is 2. The summed E-state index contributed by atoms with van der Waals surface area (Å²) >= 11 is 0. The first-order valence-electron chi connectivity index (χ1n) is 10.5. The highest BCUT2D eigenvalue weighted by atomic mass is 32.2. The van der Waals surface area contributed by atoms with E-state index >= 15 is 0 Å². The summed E-state index contributed by atoms with van der Waals surface area (Å²) in [4.78, 5) is 26.9. The molecule has 1 N–H and O–H groups in total. The number of aryl methyl sites for hydroxylation is 1. The van der Waals surface area contributed by atoms with E-state index in [0.717, 1.165) is 19.3 Å². The number of carbonyl (C=O) groups is 2. The van der Waals surface area contributed by atoms with Gasteiger partial charge in [0, 0.05) is 30.8 Å². The Hall–Kier alpha value is -3.27. The fourth-order valence-corrected chi connectivity index (χ4v) is 4.81. The Balaban J connectivity index is 2.00. The number of likely N-dealkylation sites (tertiary alicyclic amines) is 1. The second kappa shape index (κ2) is 10.1. The van der Waals surface area contributed by atoms with Gasteiger partial charge in [-0.15, -0.1) is 0 Å². The number of anilines is 1. The molecule has 10 heteroatoms. The van der Waals surface area contributed by atoms with Crippen LogP contribution in [0.2, 0.25) is 0 Å². The van der Waals surface area contributed by atoms with E-state index < -0.39 is 16.0 Å². The van der Waals surface area contributed by atoms with Crippen LogP contribution in [0.3, 0.4) is 0 Å². The number of hydrogen-bond donors (Lipinski definition) is 1. The normalized spacial score (nSPS) is 13.9. The molecule has 1 aliphatic heterocycles. The van der Waals surface area contributed by atoms with E-state index in [1.54, 1.807) is 17.9 Å². The third-order valence-corrected chi connectivity index (χ3v) is 6.93. The SMILES string of the molecule is COC(=O)c1cc(OC)c(OC)cc1NS(=O)(=O)c1ccc(C)c(C(=O)N2CCCCC2)c1. The molecule has 0 spiro atoms. The van der Waals surface area contributed by atoms with Gasteiger partial charge in [-0.1, -0.05) is 6.07 Å². The van der Waals surface area contributed by atoms with Crippen LogP contribution >= 0.6 is 0 Å². The van der Waals surface area contributed by atoms with Gasteiger partial charge in [-0.05, 0) is 43.9 Å². The van der Waals surface area contributed by atoms with Gasteiger partial charge >= 0.3 is 5.97 Å². The van der Waals surface area contributed by atoms with Crippen molar-refractivity contribution in [1.82, 2.24) is 4.90 Å². The summed E-state index contributed by atoms with van der Waals surface area (Å²) in [5.74, 6) is -0.470. The van der Waals surface area contributed by atoms with Gasteiger partial charge in [0.15, 0.2) is 11.5 Å². The molecule has 2 aromatic carbocycles. The monoisotopic (exact) mass is 476 g/mol. The van der Waals surface area contributed by atoms with Crippen molar-refractivity contribution < 1.29 is 32.2 Å². The van der Waals surface area contributed by atoms with Crippen LogP contribution in [-0.4, -0.2) is 59.6 Å². The summed E-state index contributed by atoms with van der Waals surface area (Å²) in [5, 5.41) is 0. The van der Waals surface area contributed by atoms with Gasteiger partial charge in [0.1, 0.15) is 0 Å². The minimum atomic E-state index is -4.15. The van der Waals surface area contributed by atoms with E-state index in [2.05, 4.69) is 4.72 Å². The number of carbonyl (C=O) groups excluding carboxylic acids is 2. The smallest absolute Gasteiger partial charge is 0.340 e. The molecule has 1 saturated heterocycles. The maximum absolute atomic E-state index is 13.2. The van der Waals surface area contributed by atoms with Crippen molar-refractivity contribution >= 4 is 27.6 Å². The molecule has 0 atom stereocenters. The second-order valence-electron chi connectivity index (χ2n) is 7.68. The lowest BCUT2D eigenvalue weighted by atomic mass is 10.1. The Morgan fingerprint density at radius 1 is 0.909 bits per heavy atom. The highest BCUT2D eigenvalue weighted by Gasteiger charge is 2.25. The molecule has 0 bridgehead atoms. The minimum Gasteiger partial charge on any atom is -0.493 e. The molecule has 1 heterocycles. The molecule has 9 nitrogen and oxygen atoms in total. The first-order chi connectivity index (χ1) is 15.7. The molecule has 3 rings (SSSR count). The molecule has 0 saturated carbocycles. The van der Waals surface area contributed by atoms with E-state index in [-0.39, 0.29) is 33.6 Å². The molecular formula is C23H28N2O7S. The summed E-state index contributed by atoms with van der Waals surface area (Å²) in [6.07, 6.45) is 2.94. The summed E-state index contributed by atoms with van der Waals surface area (Å²) in [6.45, 7) is 3.08. The Morgan fingerprint density at radius 2 is 1.55 bits per heavy atom. The molecule has 0 aliphatic carbocycles. The average Bonchev–Trinajstić information content (AvgIpc) is 2.83. The zero-order valence-electron chi connectivity index (χ0n) is 19.1. The van der Waals surface area contributed by atoms with Gasteiger partial charge in [-0.2, -0.15) is 0 Å². The van der Waals surface area contributed by atoms with E-state index in [0.29, 0.717) is 24.2 Å². The quantitative estimate of drug-likeness (QED) is 0.611. The van der Waals surface area contributed by atoms with Crippen molar-refractivity contribution in [1.29, 1.82) is 0 Å². The Bertz CT molecular complexity index is 1160. The molecular weight excluding hydrogens is 448 g/mol. The van der Waals surface area contributed by atoms with Crippen molar-refractivity contribution in [3.05, 3.63) is 47.0 Å². The van der Waals surface area contributed by atoms with E-state index in [9.17, 15) is 18.0 Å². The fraction of sp³-hybridized carbons (Fsp3) is 0.391. The lowest BCUT2D eigenvalue weighted by Crippen LogP contribution is -2.36. The molecule has 1 aliphatic rings. The number of nitrogens with zero attached hydrogens (tertiary/aromatic N) is 1. The Morgan fingerprint density at radius 3 is 2.15 bits per heavy atom. The first kappa shape index (κ1) is 24.4. The number of ether oxygens (including phenoxy) is 3. The highest BCUT2D eigenvalue weighted by Crippen LogP contribution is 2.35. The average molecular weight is 477 g/mol. The zero-order valence-corrected chi connectivity index (χ0v) is 20.0. The van der Waals surface area contributed by atoms with Crippen LogP contribution in [0, 0.1) is 6.92 Å². The number of rotatable bonds is 7. The largest absolute Gasteiger partial charge is 0.493 e. The summed E-state index contributed by atoms with van der Waals surface area (Å²) in [6, 6.07) is 7.07. The van der Waals surface area contributed by atoms with Crippen molar-refractivity contribution in [3.63, 3.8) is 0 Å². The van der Waals surface area contributed by atoms with Crippen molar-refractivity contribution in [2.24, 2.45) is 0 Å². The van der Waals surface area contributed by atoms with Crippen LogP contribution < -0.4 is 14.2 Å². The maximum atomic E-state index is 13.2. The van der Waals surface area contributed by atoms with Crippen LogP contribution in [0.5, 0.6) is 11.5 Å². The van der Waals surface area contributed by atoms with E-state index in [4.69, 9.17) is 14.2 Å². The van der Waals surface area contributed by atoms with Gasteiger partial charge in [0.05, 0.1) is 37.5 Å². The predicted molar refractivity (Wildman–Crippen MR) is 123 cm³/mol. The maximum Gasteiger partial charge on any atom is 0.340 e. The Kier molecular flexibility index (Phi) is 7.47. The van der Waals surface area contributed by atoms with Crippen LogP contribution in [-0.2, 0) is 14.8 Å². The molecule has 178 valence electrons. The fourth-order valence-electron chi connectivity index (χ4n) is 3.71. The minimum absolute atomic E-state index is 0.0380. The number of hydrogen-bond acceptors (Lipinski definition) is 7. The third-order valence-electron chi connectivity index (χ3n) is 5.57. The van der Waals surface area contributed by atoms with Gasteiger partial charge in [0.25, 0.3) is 15.9 Å². The number of methoxy groups -OCH3 is 3. The van der Waals surface area contributed by atoms with E-state index in [1.165, 1.54) is 45.6 Å². The van der Waals surface area contributed by atoms with Gasteiger partial charge in [-0.25, -0.2) is 13.2 Å². The molecule has 1 fully saturated rings. The lowest BCUT2D eigenvalue weighted by molar-refractivity contribution is 0.0601. The molecule has 0 unspecified atom stereocenters. The Labute approximate surface area is 193 Å². The number of piperidine rings is 1. The van der Waals surface area contributed by atoms with Crippen LogP contribution in [0.15, 0.2) is 35.2 Å². The lowest BCUT2D eigenvalue weighted by Gasteiger charge is -2.27. The molecule has 0 aromatic heterocycles. The van der Waals surface area contributed by atoms with Gasteiger partial charge < -0.3 is 19.1 Å². The predicted octanol–water partition coefficient (Wildman–Crippen LogP) is 3.23. The molecule has 33 heavy (non-hydrogen) atoms. The van der Waals surface area contributed by atoms with Crippen molar-refractivity contribution in [2.45, 2.75) is 31.1 Å². The topological polar surface area (TPSA) is 111 Å². The summed E-state index contributed by atoms with van der Waals surface area (Å²) in [7, 11) is -0.166. The second-order valence-corrected chi connectivity index (χ2v) is 9.36. The van der Waals surface area contributed by atoms with Gasteiger partial charge in [-0.3, -0.25) is 9.52 Å². The number of sulfonamides is 1. The number of nitrogens with one attached hydrogen (secondary N) is 1. The number of esters is 1. The van der Waals surface area contributed by atoms with Crippen LogP contribution in [0.25, 0.3) is 0 Å². The zero-order chi connectivity index (χ0) is 24.2. The van der Waals surface area contributed by atoms with Crippen molar-refractivity contribution in [2.75, 3.05) is 39.1 Å². The summed E-state index contributed by atoms with van der Waals surface area (Å²) < 4.78 is 44.1. The third kappa shape index (κ3) is 5.22. The molecule has 1 amide bonds. The molecule has 0 radical (unpaired) electrons. The van der Waals surface area contributed by atoms with Gasteiger partial charge in [0.2, 0.25) is 0 Å². The summed E-state index contributed by atoms with van der Waals surface area (Å²) in [5.41, 5.74) is 0.936. The highest BCUT2D eigenvalue weighted by molar-refractivity contribution is 7.92. The van der Waals surface area contributed by atoms with Crippen molar-refractivity contribution in [3.8, 4) is 11.5 Å². The van der Waals surface area contributed by atoms with Crippen LogP contribution in [0.1, 0.15) is 45.5 Å². The van der Waals surface area contributed by atoms with Crippen LogP contribution in [0.4, 0.5) is 5.69 Å². The number of amides is 1. The molecule has 2 aromatic rings. The standard InChI is InChI=1S/C23H28N2O7S/c1-15-8-9-16(12-17(15)22(26)25-10-6-5-7-11-25)33(28,29)24-19-14-21(31-3)20(30-2)13-18(19)23(27)32-4/h8-9,12-14,24H,5-7,10-11H2,1-4H3.